The number of nitrogens with one attached hydrogen (secondary N) is 1. The molecule has 1 aromatic rings. The van der Waals surface area contributed by atoms with Gasteiger partial charge in [-0.25, -0.2) is 4.98 Å². The van der Waals surface area contributed by atoms with E-state index in [1.54, 1.807) is 11.3 Å². The molecule has 0 bridgehead atoms. The summed E-state index contributed by atoms with van der Waals surface area (Å²) in [7, 11) is 0. The summed E-state index contributed by atoms with van der Waals surface area (Å²) in [4.78, 5) is 5.87. The summed E-state index contributed by atoms with van der Waals surface area (Å²) < 4.78 is 5.50. The average Bonchev–Trinajstić information content (AvgIpc) is 2.61. The van der Waals surface area contributed by atoms with Crippen molar-refractivity contribution >= 4 is 11.3 Å². The number of ether oxygens (including phenoxy) is 1. The van der Waals surface area contributed by atoms with E-state index in [0.29, 0.717) is 12.6 Å². The lowest BCUT2D eigenvalue weighted by Crippen LogP contribution is -2.17. The van der Waals surface area contributed by atoms with Gasteiger partial charge in [0.2, 0.25) is 0 Å². The predicted molar refractivity (Wildman–Crippen MR) is 68.9 cm³/mol. The first kappa shape index (κ1) is 13.6. The molecule has 0 aliphatic rings. The van der Waals surface area contributed by atoms with Crippen LogP contribution in [-0.2, 0) is 11.3 Å². The maximum absolute atomic E-state index is 5.50. The van der Waals surface area contributed by atoms with Crippen molar-refractivity contribution in [2.45, 2.75) is 46.8 Å². The van der Waals surface area contributed by atoms with Crippen molar-refractivity contribution < 1.29 is 4.74 Å². The van der Waals surface area contributed by atoms with Crippen LogP contribution in [0.25, 0.3) is 0 Å². The van der Waals surface area contributed by atoms with Gasteiger partial charge in [-0.05, 0) is 26.8 Å². The van der Waals surface area contributed by atoms with Crippen LogP contribution in [-0.4, -0.2) is 18.1 Å². The fourth-order valence-corrected chi connectivity index (χ4v) is 2.66. The van der Waals surface area contributed by atoms with Gasteiger partial charge in [0.1, 0.15) is 5.01 Å². The average molecular weight is 242 g/mol. The SMILES string of the molecule is CCCOCc1nc(C)c(C(C)NCC)s1. The van der Waals surface area contributed by atoms with E-state index in [-0.39, 0.29) is 0 Å². The molecule has 0 saturated carbocycles. The summed E-state index contributed by atoms with van der Waals surface area (Å²) in [6.45, 7) is 10.9. The Kier molecular flexibility index (Phi) is 5.95. The molecule has 1 unspecified atom stereocenters. The van der Waals surface area contributed by atoms with Crippen molar-refractivity contribution in [3.63, 3.8) is 0 Å². The van der Waals surface area contributed by atoms with E-state index < -0.39 is 0 Å². The van der Waals surface area contributed by atoms with Gasteiger partial charge in [-0.15, -0.1) is 11.3 Å². The van der Waals surface area contributed by atoms with E-state index in [0.717, 1.165) is 30.3 Å². The molecule has 16 heavy (non-hydrogen) atoms. The van der Waals surface area contributed by atoms with Gasteiger partial charge in [-0.3, -0.25) is 0 Å². The van der Waals surface area contributed by atoms with Crippen LogP contribution in [0.2, 0.25) is 0 Å². The Hall–Kier alpha value is -0.450. The smallest absolute Gasteiger partial charge is 0.119 e. The molecule has 0 saturated heterocycles. The van der Waals surface area contributed by atoms with Crippen LogP contribution in [0.15, 0.2) is 0 Å². The lowest BCUT2D eigenvalue weighted by Gasteiger charge is -2.09. The maximum atomic E-state index is 5.50. The molecule has 0 amide bonds. The Morgan fingerprint density at radius 1 is 1.44 bits per heavy atom. The fraction of sp³-hybridized carbons (Fsp3) is 0.750. The number of aromatic nitrogens is 1. The number of nitrogens with zero attached hydrogens (tertiary/aromatic N) is 1. The summed E-state index contributed by atoms with van der Waals surface area (Å²) >= 11 is 1.76. The molecule has 1 atom stereocenters. The standard InChI is InChI=1S/C12H22N2OS/c1-5-7-15-8-11-14-10(4)12(16-11)9(3)13-6-2/h9,13H,5-8H2,1-4H3. The molecule has 1 aromatic heterocycles. The quantitative estimate of drug-likeness (QED) is 0.746. The monoisotopic (exact) mass is 242 g/mol. The van der Waals surface area contributed by atoms with Crippen LogP contribution in [0.4, 0.5) is 0 Å². The first-order chi connectivity index (χ1) is 7.69. The van der Waals surface area contributed by atoms with E-state index in [1.807, 2.05) is 0 Å². The van der Waals surface area contributed by atoms with Gasteiger partial charge in [-0.2, -0.15) is 0 Å². The molecule has 3 nitrogen and oxygen atoms in total. The van der Waals surface area contributed by atoms with E-state index in [4.69, 9.17) is 4.74 Å². The second-order valence-electron chi connectivity index (χ2n) is 3.89. The van der Waals surface area contributed by atoms with E-state index in [1.165, 1.54) is 4.88 Å². The molecular formula is C12H22N2OS. The molecule has 0 radical (unpaired) electrons. The minimum absolute atomic E-state index is 0.391. The molecule has 0 aliphatic heterocycles. The summed E-state index contributed by atoms with van der Waals surface area (Å²) in [6.07, 6.45) is 1.06. The molecule has 1 N–H and O–H groups in total. The van der Waals surface area contributed by atoms with Crippen molar-refractivity contribution in [2.75, 3.05) is 13.2 Å². The number of aryl methyl sites for hydroxylation is 1. The molecule has 0 spiro atoms. The van der Waals surface area contributed by atoms with Crippen molar-refractivity contribution in [2.24, 2.45) is 0 Å². The predicted octanol–water partition coefficient (Wildman–Crippen LogP) is 3.05. The second kappa shape index (κ2) is 6.99. The molecule has 0 aliphatic carbocycles. The van der Waals surface area contributed by atoms with Crippen molar-refractivity contribution in [1.82, 2.24) is 10.3 Å². The van der Waals surface area contributed by atoms with Crippen molar-refractivity contribution in [1.29, 1.82) is 0 Å². The Bertz CT molecular complexity index is 312. The first-order valence-electron chi connectivity index (χ1n) is 5.96. The van der Waals surface area contributed by atoms with Gasteiger partial charge in [0.25, 0.3) is 0 Å². The highest BCUT2D eigenvalue weighted by Crippen LogP contribution is 2.25. The third kappa shape index (κ3) is 3.85. The third-order valence-electron chi connectivity index (χ3n) is 2.35. The third-order valence-corrected chi connectivity index (χ3v) is 3.67. The maximum Gasteiger partial charge on any atom is 0.119 e. The summed E-state index contributed by atoms with van der Waals surface area (Å²) in [5, 5.41) is 4.50. The zero-order valence-corrected chi connectivity index (χ0v) is 11.5. The Labute approximate surface area is 102 Å². The van der Waals surface area contributed by atoms with Crippen LogP contribution in [0.5, 0.6) is 0 Å². The van der Waals surface area contributed by atoms with Crippen LogP contribution in [0.3, 0.4) is 0 Å². The summed E-state index contributed by atoms with van der Waals surface area (Å²) in [6, 6.07) is 0.391. The Balaban J connectivity index is 2.58. The van der Waals surface area contributed by atoms with Crippen molar-refractivity contribution in [3.8, 4) is 0 Å². The van der Waals surface area contributed by atoms with E-state index >= 15 is 0 Å². The first-order valence-corrected chi connectivity index (χ1v) is 6.78. The topological polar surface area (TPSA) is 34.1 Å². The Morgan fingerprint density at radius 2 is 2.19 bits per heavy atom. The van der Waals surface area contributed by atoms with Gasteiger partial charge in [-0.1, -0.05) is 13.8 Å². The second-order valence-corrected chi connectivity index (χ2v) is 5.00. The highest BCUT2D eigenvalue weighted by atomic mass is 32.1. The highest BCUT2D eigenvalue weighted by Gasteiger charge is 2.13. The number of hydrogen-bond donors (Lipinski definition) is 1. The summed E-state index contributed by atoms with van der Waals surface area (Å²) in [5.41, 5.74) is 1.13. The van der Waals surface area contributed by atoms with Gasteiger partial charge >= 0.3 is 0 Å². The van der Waals surface area contributed by atoms with Gasteiger partial charge in [0.15, 0.2) is 0 Å². The van der Waals surface area contributed by atoms with Crippen LogP contribution >= 0.6 is 11.3 Å². The minimum atomic E-state index is 0.391. The van der Waals surface area contributed by atoms with E-state index in [9.17, 15) is 0 Å². The van der Waals surface area contributed by atoms with Gasteiger partial charge < -0.3 is 10.1 Å². The lowest BCUT2D eigenvalue weighted by molar-refractivity contribution is 0.121. The molecule has 1 rings (SSSR count). The fourth-order valence-electron chi connectivity index (χ4n) is 1.63. The number of thiazole rings is 1. The number of hydrogen-bond acceptors (Lipinski definition) is 4. The Morgan fingerprint density at radius 3 is 2.81 bits per heavy atom. The largest absolute Gasteiger partial charge is 0.374 e. The normalized spacial score (nSPS) is 13.0. The summed E-state index contributed by atoms with van der Waals surface area (Å²) in [5.74, 6) is 0. The minimum Gasteiger partial charge on any atom is -0.374 e. The lowest BCUT2D eigenvalue weighted by atomic mass is 10.2. The molecule has 92 valence electrons. The van der Waals surface area contributed by atoms with Crippen LogP contribution in [0.1, 0.15) is 48.8 Å². The molecule has 0 fully saturated rings. The molecular weight excluding hydrogens is 220 g/mol. The van der Waals surface area contributed by atoms with Crippen molar-refractivity contribution in [3.05, 3.63) is 15.6 Å². The number of rotatable bonds is 7. The molecule has 1 heterocycles. The molecule has 0 aromatic carbocycles. The molecule has 4 heteroatoms. The zero-order chi connectivity index (χ0) is 12.0. The van der Waals surface area contributed by atoms with E-state index in [2.05, 4.69) is 38.0 Å². The highest BCUT2D eigenvalue weighted by molar-refractivity contribution is 7.11. The zero-order valence-electron chi connectivity index (χ0n) is 10.7. The van der Waals surface area contributed by atoms with Crippen LogP contribution in [0, 0.1) is 6.92 Å². The van der Waals surface area contributed by atoms with Gasteiger partial charge in [0, 0.05) is 17.5 Å². The van der Waals surface area contributed by atoms with Crippen LogP contribution < -0.4 is 5.32 Å². The van der Waals surface area contributed by atoms with Gasteiger partial charge in [0.05, 0.1) is 12.3 Å².